The van der Waals surface area contributed by atoms with Gasteiger partial charge in [-0.15, -0.1) is 0 Å². The third-order valence-electron chi connectivity index (χ3n) is 10.5. The molecule has 54 heavy (non-hydrogen) atoms. The van der Waals surface area contributed by atoms with Crippen LogP contribution in [0.4, 0.5) is 17.1 Å². The van der Waals surface area contributed by atoms with Crippen LogP contribution < -0.4 is 4.90 Å². The molecule has 0 bridgehead atoms. The summed E-state index contributed by atoms with van der Waals surface area (Å²) in [6.45, 7) is 0. The molecule has 254 valence electrons. The molecule has 0 aliphatic rings. The van der Waals surface area contributed by atoms with Crippen molar-refractivity contribution in [3.8, 4) is 39.1 Å². The molecule has 0 aliphatic carbocycles. The highest BCUT2D eigenvalue weighted by Crippen LogP contribution is 2.48. The van der Waals surface area contributed by atoms with Crippen LogP contribution in [-0.2, 0) is 0 Å². The maximum absolute atomic E-state index is 2.49. The Morgan fingerprint density at radius 2 is 0.907 bits per heavy atom. The van der Waals surface area contributed by atoms with Gasteiger partial charge < -0.3 is 9.47 Å². The Hall–Kier alpha value is -7.16. The first-order valence-electron chi connectivity index (χ1n) is 18.5. The first kappa shape index (κ1) is 31.6. The van der Waals surface area contributed by atoms with Crippen molar-refractivity contribution in [1.29, 1.82) is 0 Å². The Labute approximate surface area is 315 Å². The lowest BCUT2D eigenvalue weighted by Gasteiger charge is -2.30. The molecule has 0 unspecified atom stereocenters. The zero-order chi connectivity index (χ0) is 35.8. The van der Waals surface area contributed by atoms with Gasteiger partial charge in [-0.3, -0.25) is 0 Å². The molecule has 0 N–H and O–H groups in total. The third-order valence-corrected chi connectivity index (χ3v) is 10.5. The Kier molecular flexibility index (Phi) is 7.85. The molecule has 2 heteroatoms. The maximum Gasteiger partial charge on any atom is 0.0562 e. The van der Waals surface area contributed by atoms with Crippen molar-refractivity contribution in [2.75, 3.05) is 4.90 Å². The maximum atomic E-state index is 2.49. The van der Waals surface area contributed by atoms with Crippen molar-refractivity contribution in [3.05, 3.63) is 218 Å². The lowest BCUT2D eigenvalue weighted by atomic mass is 9.95. The zero-order valence-electron chi connectivity index (χ0n) is 29.7. The van der Waals surface area contributed by atoms with Crippen LogP contribution in [-0.4, -0.2) is 4.57 Å². The third kappa shape index (κ3) is 5.53. The molecule has 10 rings (SSSR count). The molecular formula is C52H36N2. The highest BCUT2D eigenvalue weighted by molar-refractivity contribution is 6.17. The molecule has 2 nitrogen and oxygen atoms in total. The average Bonchev–Trinajstić information content (AvgIpc) is 3.60. The van der Waals surface area contributed by atoms with Crippen molar-refractivity contribution in [2.24, 2.45) is 0 Å². The second kappa shape index (κ2) is 13.4. The van der Waals surface area contributed by atoms with Crippen LogP contribution in [0.25, 0.3) is 71.6 Å². The minimum absolute atomic E-state index is 1.09. The first-order chi connectivity index (χ1) is 26.8. The molecule has 0 fully saturated rings. The molecule has 0 spiro atoms. The van der Waals surface area contributed by atoms with Gasteiger partial charge in [-0.2, -0.15) is 0 Å². The minimum Gasteiger partial charge on any atom is -0.309 e. The molecule has 10 aromatic rings. The molecule has 1 heterocycles. The number of aromatic nitrogens is 1. The predicted molar refractivity (Wildman–Crippen MR) is 229 cm³/mol. The van der Waals surface area contributed by atoms with Crippen molar-refractivity contribution < 1.29 is 0 Å². The van der Waals surface area contributed by atoms with Crippen molar-refractivity contribution >= 4 is 49.6 Å². The van der Waals surface area contributed by atoms with Gasteiger partial charge in [0.15, 0.2) is 0 Å². The number of fused-ring (bicyclic) bond motifs is 4. The quantitative estimate of drug-likeness (QED) is 0.162. The Bertz CT molecular complexity index is 2870. The summed E-state index contributed by atoms with van der Waals surface area (Å²) in [7, 11) is 0. The summed E-state index contributed by atoms with van der Waals surface area (Å²) in [6, 6.07) is 79.1. The molecule has 0 aliphatic heterocycles. The Morgan fingerprint density at radius 3 is 1.65 bits per heavy atom. The monoisotopic (exact) mass is 688 g/mol. The fourth-order valence-electron chi connectivity index (χ4n) is 8.05. The van der Waals surface area contributed by atoms with Crippen molar-refractivity contribution in [3.63, 3.8) is 0 Å². The molecular weight excluding hydrogens is 653 g/mol. The van der Waals surface area contributed by atoms with Crippen LogP contribution in [0.3, 0.4) is 0 Å². The van der Waals surface area contributed by atoms with Gasteiger partial charge in [0.2, 0.25) is 0 Å². The van der Waals surface area contributed by atoms with E-state index >= 15 is 0 Å². The van der Waals surface area contributed by atoms with Gasteiger partial charge in [-0.05, 0) is 99.3 Å². The van der Waals surface area contributed by atoms with Crippen LogP contribution in [0.2, 0.25) is 0 Å². The summed E-state index contributed by atoms with van der Waals surface area (Å²) in [5.41, 5.74) is 13.8. The van der Waals surface area contributed by atoms with E-state index in [0.29, 0.717) is 0 Å². The van der Waals surface area contributed by atoms with Gasteiger partial charge in [-0.25, -0.2) is 0 Å². The lowest BCUT2D eigenvalue weighted by molar-refractivity contribution is 1.18. The summed E-state index contributed by atoms with van der Waals surface area (Å²) in [5, 5.41) is 4.87. The molecule has 9 aromatic carbocycles. The van der Waals surface area contributed by atoms with Crippen LogP contribution in [0.5, 0.6) is 0 Å². The molecule has 0 atom stereocenters. The van der Waals surface area contributed by atoms with E-state index in [1.54, 1.807) is 0 Å². The van der Waals surface area contributed by atoms with E-state index in [-0.39, 0.29) is 0 Å². The standard InChI is InChI=1S/C52H36N2/c1-4-17-37(18-5-1)42-34-43(38-19-6-2-7-20-38)36-45(35-42)54(48-27-14-12-25-46(48)41-32-31-39-21-10-11-22-40(39)33-41)51-30-16-29-50-52(51)47-26-13-15-28-49(47)53(50)44-23-8-3-9-24-44/h1-36H. The van der Waals surface area contributed by atoms with Crippen molar-refractivity contribution in [1.82, 2.24) is 4.57 Å². The van der Waals surface area contributed by atoms with E-state index in [1.807, 2.05) is 0 Å². The van der Waals surface area contributed by atoms with Gasteiger partial charge in [0.05, 0.1) is 22.4 Å². The lowest BCUT2D eigenvalue weighted by Crippen LogP contribution is -2.12. The number of para-hydroxylation sites is 3. The van der Waals surface area contributed by atoms with E-state index in [4.69, 9.17) is 0 Å². The molecule has 0 saturated carbocycles. The number of anilines is 3. The van der Waals surface area contributed by atoms with E-state index < -0.39 is 0 Å². The molecule has 0 saturated heterocycles. The van der Waals surface area contributed by atoms with Crippen LogP contribution in [0.15, 0.2) is 218 Å². The van der Waals surface area contributed by atoms with E-state index in [1.165, 1.54) is 60.4 Å². The van der Waals surface area contributed by atoms with Crippen molar-refractivity contribution in [2.45, 2.75) is 0 Å². The highest BCUT2D eigenvalue weighted by Gasteiger charge is 2.24. The zero-order valence-corrected chi connectivity index (χ0v) is 29.7. The SMILES string of the molecule is c1ccc(-c2cc(-c3ccccc3)cc(N(c3ccccc3-c3ccc4ccccc4c3)c3cccc4c3c3ccccc3n4-c3ccccc3)c2)cc1. The number of hydrogen-bond donors (Lipinski definition) is 0. The number of rotatable bonds is 7. The molecule has 0 radical (unpaired) electrons. The first-order valence-corrected chi connectivity index (χ1v) is 18.5. The average molecular weight is 689 g/mol. The van der Waals surface area contributed by atoms with Gasteiger partial charge in [0, 0.05) is 27.7 Å². The normalized spacial score (nSPS) is 11.3. The minimum atomic E-state index is 1.09. The van der Waals surface area contributed by atoms with Gasteiger partial charge in [-0.1, -0.05) is 158 Å². The smallest absolute Gasteiger partial charge is 0.0562 e. The fourth-order valence-corrected chi connectivity index (χ4v) is 8.05. The molecule has 0 amide bonds. The summed E-state index contributed by atoms with van der Waals surface area (Å²) >= 11 is 0. The second-order valence-electron chi connectivity index (χ2n) is 13.8. The topological polar surface area (TPSA) is 8.17 Å². The predicted octanol–water partition coefficient (Wildman–Crippen LogP) is 14.4. The van der Waals surface area contributed by atoms with Crippen LogP contribution >= 0.6 is 0 Å². The summed E-state index contributed by atoms with van der Waals surface area (Å²) in [6.07, 6.45) is 0. The fraction of sp³-hybridized carbons (Fsp3) is 0. The number of benzene rings is 9. The van der Waals surface area contributed by atoms with Crippen LogP contribution in [0, 0.1) is 0 Å². The Balaban J connectivity index is 1.31. The number of hydrogen-bond acceptors (Lipinski definition) is 1. The highest BCUT2D eigenvalue weighted by atomic mass is 15.2. The van der Waals surface area contributed by atoms with E-state index in [2.05, 4.69) is 228 Å². The van der Waals surface area contributed by atoms with Crippen LogP contribution in [0.1, 0.15) is 0 Å². The molecule has 1 aromatic heterocycles. The summed E-state index contributed by atoms with van der Waals surface area (Å²) in [5.74, 6) is 0. The largest absolute Gasteiger partial charge is 0.309 e. The van der Waals surface area contributed by atoms with Gasteiger partial charge in [0.25, 0.3) is 0 Å². The summed E-state index contributed by atoms with van der Waals surface area (Å²) in [4.78, 5) is 2.49. The van der Waals surface area contributed by atoms with E-state index in [9.17, 15) is 0 Å². The Morgan fingerprint density at radius 1 is 0.333 bits per heavy atom. The second-order valence-corrected chi connectivity index (χ2v) is 13.8. The van der Waals surface area contributed by atoms with Gasteiger partial charge >= 0.3 is 0 Å². The van der Waals surface area contributed by atoms with E-state index in [0.717, 1.165) is 28.3 Å². The summed E-state index contributed by atoms with van der Waals surface area (Å²) < 4.78 is 2.40. The van der Waals surface area contributed by atoms with Gasteiger partial charge in [0.1, 0.15) is 0 Å². The number of nitrogens with zero attached hydrogens (tertiary/aromatic N) is 2.